The summed E-state index contributed by atoms with van der Waals surface area (Å²) in [5, 5.41) is 9.49. The molecule has 0 spiro atoms. The number of furan rings is 1. The van der Waals surface area contributed by atoms with Crippen LogP contribution >= 0.6 is 0 Å². The second-order valence-electron chi connectivity index (χ2n) is 11.4. The van der Waals surface area contributed by atoms with Crippen LogP contribution < -0.4 is 4.90 Å². The lowest BCUT2D eigenvalue weighted by molar-refractivity contribution is 0.673. The highest BCUT2D eigenvalue weighted by atomic mass is 16.3. The molecule has 0 aliphatic rings. The van der Waals surface area contributed by atoms with Crippen LogP contribution in [0.1, 0.15) is 0 Å². The van der Waals surface area contributed by atoms with Gasteiger partial charge in [0.2, 0.25) is 0 Å². The molecule has 9 aromatic rings. The maximum absolute atomic E-state index is 6.64. The predicted molar refractivity (Wildman–Crippen MR) is 186 cm³/mol. The molecule has 1 heterocycles. The van der Waals surface area contributed by atoms with E-state index in [0.717, 1.165) is 44.4 Å². The van der Waals surface area contributed by atoms with Gasteiger partial charge in [-0.15, -0.1) is 0 Å². The molecule has 1 aromatic heterocycles. The average Bonchev–Trinajstić information content (AvgIpc) is 3.48. The minimum atomic E-state index is 0.879. The molecule has 0 fully saturated rings. The number of hydrogen-bond donors (Lipinski definition) is 0. The highest BCUT2D eigenvalue weighted by Gasteiger charge is 2.19. The minimum absolute atomic E-state index is 0.879. The maximum Gasteiger partial charge on any atom is 0.143 e. The van der Waals surface area contributed by atoms with Gasteiger partial charge < -0.3 is 9.32 Å². The molecule has 0 bridgehead atoms. The first kappa shape index (κ1) is 24.7. The van der Waals surface area contributed by atoms with Crippen LogP contribution in [-0.2, 0) is 0 Å². The molecule has 0 unspecified atom stereocenters. The fourth-order valence-corrected chi connectivity index (χ4v) is 6.71. The lowest BCUT2D eigenvalue weighted by Gasteiger charge is -2.27. The summed E-state index contributed by atoms with van der Waals surface area (Å²) in [7, 11) is 0. The van der Waals surface area contributed by atoms with Crippen molar-refractivity contribution in [3.05, 3.63) is 164 Å². The molecule has 0 aliphatic carbocycles. The zero-order chi connectivity index (χ0) is 29.0. The Hall–Kier alpha value is -5.86. The van der Waals surface area contributed by atoms with Crippen LogP contribution in [0.5, 0.6) is 0 Å². The Kier molecular flexibility index (Phi) is 5.54. The summed E-state index contributed by atoms with van der Waals surface area (Å²) in [6.07, 6.45) is 0. The van der Waals surface area contributed by atoms with E-state index in [2.05, 4.69) is 169 Å². The molecule has 44 heavy (non-hydrogen) atoms. The molecule has 2 heteroatoms. The fourth-order valence-electron chi connectivity index (χ4n) is 6.71. The number of benzene rings is 8. The van der Waals surface area contributed by atoms with Crippen molar-refractivity contribution < 1.29 is 4.42 Å². The molecule has 2 nitrogen and oxygen atoms in total. The topological polar surface area (TPSA) is 16.4 Å². The van der Waals surface area contributed by atoms with Gasteiger partial charge in [-0.25, -0.2) is 0 Å². The molecule has 0 saturated carbocycles. The van der Waals surface area contributed by atoms with Gasteiger partial charge in [0.25, 0.3) is 0 Å². The first-order valence-corrected chi connectivity index (χ1v) is 15.0. The molecule has 0 aliphatic heterocycles. The van der Waals surface area contributed by atoms with Crippen LogP contribution in [0, 0.1) is 0 Å². The number of anilines is 3. The van der Waals surface area contributed by atoms with Crippen molar-refractivity contribution in [3.63, 3.8) is 0 Å². The summed E-state index contributed by atoms with van der Waals surface area (Å²) in [5.74, 6) is 0. The third-order valence-corrected chi connectivity index (χ3v) is 8.82. The van der Waals surface area contributed by atoms with Gasteiger partial charge in [-0.3, -0.25) is 0 Å². The van der Waals surface area contributed by atoms with Gasteiger partial charge in [0.15, 0.2) is 0 Å². The Bertz CT molecular complexity index is 2490. The number of fused-ring (bicyclic) bond motifs is 8. The van der Waals surface area contributed by atoms with E-state index in [1.54, 1.807) is 0 Å². The lowest BCUT2D eigenvalue weighted by Crippen LogP contribution is -2.10. The van der Waals surface area contributed by atoms with Crippen molar-refractivity contribution in [1.82, 2.24) is 0 Å². The van der Waals surface area contributed by atoms with Gasteiger partial charge in [-0.1, -0.05) is 121 Å². The van der Waals surface area contributed by atoms with Crippen molar-refractivity contribution in [2.45, 2.75) is 0 Å². The van der Waals surface area contributed by atoms with Crippen molar-refractivity contribution in [3.8, 4) is 11.1 Å². The van der Waals surface area contributed by atoms with E-state index >= 15 is 0 Å². The van der Waals surface area contributed by atoms with E-state index < -0.39 is 0 Å². The molecular weight excluding hydrogens is 534 g/mol. The van der Waals surface area contributed by atoms with Gasteiger partial charge in [0.1, 0.15) is 11.2 Å². The number of nitrogens with zero attached hydrogens (tertiary/aromatic N) is 1. The largest absolute Gasteiger partial charge is 0.455 e. The fraction of sp³-hybridized carbons (Fsp3) is 0. The SMILES string of the molecule is c1ccc(-c2ccc(N(c3ccc4c(c3)oc3c5ccccc5ccc43)c3cc4ccccc4c4ccccc34)cc2)cc1. The van der Waals surface area contributed by atoms with E-state index in [0.29, 0.717) is 0 Å². The third kappa shape index (κ3) is 3.89. The van der Waals surface area contributed by atoms with Crippen LogP contribution in [0.25, 0.3) is 65.4 Å². The zero-order valence-electron chi connectivity index (χ0n) is 23.9. The molecular formula is C42H27NO. The van der Waals surface area contributed by atoms with Gasteiger partial charge >= 0.3 is 0 Å². The Morgan fingerprint density at radius 2 is 0.977 bits per heavy atom. The summed E-state index contributed by atoms with van der Waals surface area (Å²) in [4.78, 5) is 2.37. The van der Waals surface area contributed by atoms with Crippen molar-refractivity contribution >= 4 is 71.3 Å². The summed E-state index contributed by atoms with van der Waals surface area (Å²) in [5.41, 5.74) is 7.48. The summed E-state index contributed by atoms with van der Waals surface area (Å²) in [6.45, 7) is 0. The van der Waals surface area contributed by atoms with E-state index in [4.69, 9.17) is 4.42 Å². The van der Waals surface area contributed by atoms with Crippen molar-refractivity contribution in [2.24, 2.45) is 0 Å². The standard InChI is InChI=1S/C42H27NO/c1-2-10-28(11-3-1)29-18-21-32(22-19-29)43(40-26-31-13-5-6-14-34(31)36-16-8-9-17-37(36)40)33-23-25-38-39-24-20-30-12-4-7-15-35(30)42(39)44-41(38)27-33/h1-27H. The second kappa shape index (κ2) is 9.86. The Morgan fingerprint density at radius 3 is 1.80 bits per heavy atom. The smallest absolute Gasteiger partial charge is 0.143 e. The second-order valence-corrected chi connectivity index (χ2v) is 11.4. The third-order valence-electron chi connectivity index (χ3n) is 8.82. The normalized spacial score (nSPS) is 11.6. The van der Waals surface area contributed by atoms with Gasteiger partial charge in [-0.2, -0.15) is 0 Å². The highest BCUT2D eigenvalue weighted by molar-refractivity contribution is 6.17. The van der Waals surface area contributed by atoms with Gasteiger partial charge in [0, 0.05) is 39.0 Å². The quantitative estimate of drug-likeness (QED) is 0.199. The monoisotopic (exact) mass is 561 g/mol. The van der Waals surface area contributed by atoms with Gasteiger partial charge in [-0.05, 0) is 69.1 Å². The number of hydrogen-bond acceptors (Lipinski definition) is 2. The first-order valence-electron chi connectivity index (χ1n) is 15.0. The molecule has 0 atom stereocenters. The lowest BCUT2D eigenvalue weighted by atomic mass is 9.98. The minimum Gasteiger partial charge on any atom is -0.455 e. The zero-order valence-corrected chi connectivity index (χ0v) is 23.9. The number of rotatable bonds is 4. The van der Waals surface area contributed by atoms with E-state index in [1.807, 2.05) is 0 Å². The molecule has 0 saturated heterocycles. The van der Waals surface area contributed by atoms with E-state index in [9.17, 15) is 0 Å². The van der Waals surface area contributed by atoms with Gasteiger partial charge in [0.05, 0.1) is 5.69 Å². The predicted octanol–water partition coefficient (Wildman–Crippen LogP) is 12.2. The van der Waals surface area contributed by atoms with Crippen molar-refractivity contribution in [1.29, 1.82) is 0 Å². The molecule has 0 radical (unpaired) electrons. The van der Waals surface area contributed by atoms with Crippen LogP contribution in [0.4, 0.5) is 17.1 Å². The summed E-state index contributed by atoms with van der Waals surface area (Å²) >= 11 is 0. The molecule has 0 amide bonds. The average molecular weight is 562 g/mol. The molecule has 8 aromatic carbocycles. The summed E-state index contributed by atoms with van der Waals surface area (Å²) < 4.78 is 6.64. The maximum atomic E-state index is 6.64. The van der Waals surface area contributed by atoms with Crippen LogP contribution in [-0.4, -0.2) is 0 Å². The molecule has 0 N–H and O–H groups in total. The highest BCUT2D eigenvalue weighted by Crippen LogP contribution is 2.44. The van der Waals surface area contributed by atoms with E-state index in [1.165, 1.54) is 38.1 Å². The molecule has 9 rings (SSSR count). The van der Waals surface area contributed by atoms with Crippen LogP contribution in [0.2, 0.25) is 0 Å². The first-order chi connectivity index (χ1) is 21.8. The van der Waals surface area contributed by atoms with Crippen LogP contribution in [0.15, 0.2) is 168 Å². The molecule has 206 valence electrons. The summed E-state index contributed by atoms with van der Waals surface area (Å²) in [6, 6.07) is 58.5. The van der Waals surface area contributed by atoms with E-state index in [-0.39, 0.29) is 0 Å². The Morgan fingerprint density at radius 1 is 0.364 bits per heavy atom. The Balaban J connectivity index is 1.29. The Labute approximate surface area is 255 Å². The van der Waals surface area contributed by atoms with Crippen LogP contribution in [0.3, 0.4) is 0 Å². The van der Waals surface area contributed by atoms with Crippen molar-refractivity contribution in [2.75, 3.05) is 4.90 Å².